The molecule has 5 rings (SSSR count). The summed E-state index contributed by atoms with van der Waals surface area (Å²) < 4.78 is 17.1. The zero-order valence-corrected chi connectivity index (χ0v) is 27.3. The van der Waals surface area contributed by atoms with Gasteiger partial charge in [-0.2, -0.15) is 0 Å². The summed E-state index contributed by atoms with van der Waals surface area (Å²) in [6.45, 7) is 1.97. The van der Waals surface area contributed by atoms with Gasteiger partial charge >= 0.3 is 11.1 Å². The lowest BCUT2D eigenvalue weighted by molar-refractivity contribution is -0.119. The number of aryl methyl sites for hydroxylation is 1. The number of H-pyrrole nitrogens is 2. The Kier molecular flexibility index (Phi) is 10.5. The van der Waals surface area contributed by atoms with Crippen molar-refractivity contribution in [1.29, 1.82) is 0 Å². The van der Waals surface area contributed by atoms with Crippen molar-refractivity contribution in [2.24, 2.45) is 0 Å². The van der Waals surface area contributed by atoms with E-state index in [0.717, 1.165) is 29.5 Å². The third kappa shape index (κ3) is 7.35. The molecular formula is C35H39N5O8. The topological polar surface area (TPSA) is 181 Å². The van der Waals surface area contributed by atoms with E-state index in [4.69, 9.17) is 14.2 Å². The average molecular weight is 658 g/mol. The molecular weight excluding hydrogens is 618 g/mol. The molecule has 0 fully saturated rings. The van der Waals surface area contributed by atoms with Crippen LogP contribution in [0.4, 0.5) is 11.4 Å². The van der Waals surface area contributed by atoms with Gasteiger partial charge in [-0.25, -0.2) is 0 Å². The monoisotopic (exact) mass is 657 g/mol. The lowest BCUT2D eigenvalue weighted by Crippen LogP contribution is -2.28. The number of anilines is 2. The molecule has 13 nitrogen and oxygen atoms in total. The van der Waals surface area contributed by atoms with E-state index in [1.54, 1.807) is 51.7 Å². The van der Waals surface area contributed by atoms with E-state index >= 15 is 0 Å². The molecule has 1 atom stereocenters. The molecule has 0 saturated carbocycles. The second kappa shape index (κ2) is 14.9. The number of nitrogens with one attached hydrogen (secondary N) is 5. The Labute approximate surface area is 276 Å². The van der Waals surface area contributed by atoms with E-state index in [1.807, 2.05) is 12.1 Å². The molecule has 252 valence electrons. The van der Waals surface area contributed by atoms with Crippen LogP contribution < -0.4 is 46.7 Å². The Balaban J connectivity index is 1.26. The highest BCUT2D eigenvalue weighted by Crippen LogP contribution is 2.50. The molecule has 4 aromatic rings. The molecule has 48 heavy (non-hydrogen) atoms. The molecule has 1 aliphatic carbocycles. The highest BCUT2D eigenvalue weighted by molar-refractivity contribution is 5.92. The largest absolute Gasteiger partial charge is 0.493 e. The number of ether oxygens (including phenoxy) is 3. The van der Waals surface area contributed by atoms with Crippen LogP contribution in [0.2, 0.25) is 0 Å². The molecule has 5 N–H and O–H groups in total. The SMILES string of the molecule is COc1cc2c(c(OC)c1OC)-c1ccc(NCCCCCC(=O)Nc3ccc4[nH]c(=O)c(=O)[nH]c4c3)c(=O)cc1[C@@H](NC(C)=O)CC2. The van der Waals surface area contributed by atoms with Gasteiger partial charge in [0.25, 0.3) is 0 Å². The summed E-state index contributed by atoms with van der Waals surface area (Å²) in [4.78, 5) is 66.3. The smallest absolute Gasteiger partial charge is 0.314 e. The Hall–Kier alpha value is -5.59. The van der Waals surface area contributed by atoms with E-state index in [0.29, 0.717) is 77.4 Å². The first-order valence-electron chi connectivity index (χ1n) is 15.7. The van der Waals surface area contributed by atoms with Crippen LogP contribution >= 0.6 is 0 Å². The maximum absolute atomic E-state index is 13.5. The molecule has 0 aliphatic heterocycles. The van der Waals surface area contributed by atoms with Crippen molar-refractivity contribution < 1.29 is 23.8 Å². The standard InChI is InChI=1S/C35H39N5O8/c1-19(41)37-24-12-9-20-16-29(46-2)32(47-3)33(48-4)31(20)22-11-14-26(28(42)18-23(22)24)36-15-7-5-6-8-30(43)38-21-10-13-25-27(17-21)40-35(45)34(44)39-25/h10-11,13-14,16-18,24H,5-9,12,15H2,1-4H3,(H,36,42)(H,37,41)(H,38,43)(H,39,44)(H,40,45)/t24-/m0/s1. The molecule has 3 aromatic carbocycles. The van der Waals surface area contributed by atoms with E-state index in [-0.39, 0.29) is 17.2 Å². The van der Waals surface area contributed by atoms with Crippen molar-refractivity contribution in [2.45, 2.75) is 51.5 Å². The maximum Gasteiger partial charge on any atom is 0.314 e. The van der Waals surface area contributed by atoms with Crippen LogP contribution in [0.15, 0.2) is 56.8 Å². The maximum atomic E-state index is 13.5. The van der Waals surface area contributed by atoms with Gasteiger partial charge in [0, 0.05) is 31.1 Å². The number of benzene rings is 2. The fraction of sp³-hybridized carbons (Fsp3) is 0.343. The number of hydrogen-bond acceptors (Lipinski definition) is 9. The van der Waals surface area contributed by atoms with E-state index in [1.165, 1.54) is 6.92 Å². The number of methoxy groups -OCH3 is 3. The summed E-state index contributed by atoms with van der Waals surface area (Å²) in [5.41, 5.74) is 3.26. The fourth-order valence-corrected chi connectivity index (χ4v) is 6.08. The summed E-state index contributed by atoms with van der Waals surface area (Å²) in [7, 11) is 4.66. The van der Waals surface area contributed by atoms with Crippen LogP contribution in [0.1, 0.15) is 56.2 Å². The highest BCUT2D eigenvalue weighted by atomic mass is 16.5. The lowest BCUT2D eigenvalue weighted by Gasteiger charge is -2.19. The van der Waals surface area contributed by atoms with E-state index < -0.39 is 17.2 Å². The van der Waals surface area contributed by atoms with Crippen molar-refractivity contribution in [2.75, 3.05) is 38.5 Å². The predicted molar refractivity (Wildman–Crippen MR) is 183 cm³/mol. The van der Waals surface area contributed by atoms with Crippen LogP contribution in [0, 0.1) is 0 Å². The van der Waals surface area contributed by atoms with Gasteiger partial charge in [-0.05, 0) is 78.8 Å². The number of hydrogen-bond donors (Lipinski definition) is 5. The Morgan fingerprint density at radius 3 is 2.31 bits per heavy atom. The summed E-state index contributed by atoms with van der Waals surface area (Å²) in [5, 5.41) is 9.06. The predicted octanol–water partition coefficient (Wildman–Crippen LogP) is 4.00. The number of carbonyl (C=O) groups excluding carboxylic acids is 2. The van der Waals surface area contributed by atoms with Gasteiger partial charge in [-0.3, -0.25) is 24.0 Å². The lowest BCUT2D eigenvalue weighted by atomic mass is 9.95. The summed E-state index contributed by atoms with van der Waals surface area (Å²) >= 11 is 0. The van der Waals surface area contributed by atoms with Crippen molar-refractivity contribution in [3.05, 3.63) is 84.5 Å². The zero-order valence-electron chi connectivity index (χ0n) is 27.3. The van der Waals surface area contributed by atoms with Gasteiger partial charge in [0.1, 0.15) is 0 Å². The van der Waals surface area contributed by atoms with Gasteiger partial charge in [-0.1, -0.05) is 12.5 Å². The minimum atomic E-state index is -0.760. The van der Waals surface area contributed by atoms with Crippen LogP contribution in [0.5, 0.6) is 17.2 Å². The molecule has 0 radical (unpaired) electrons. The van der Waals surface area contributed by atoms with Crippen LogP contribution in [-0.2, 0) is 16.0 Å². The number of carbonyl (C=O) groups is 2. The van der Waals surface area contributed by atoms with Gasteiger partial charge in [0.05, 0.1) is 44.1 Å². The number of unbranched alkanes of at least 4 members (excludes halogenated alkanes) is 2. The van der Waals surface area contributed by atoms with Crippen LogP contribution in [-0.4, -0.2) is 49.7 Å². The molecule has 0 unspecified atom stereocenters. The van der Waals surface area contributed by atoms with Crippen molar-refractivity contribution in [3.8, 4) is 28.4 Å². The third-order valence-electron chi connectivity index (χ3n) is 8.32. The number of amides is 2. The Morgan fingerprint density at radius 1 is 0.854 bits per heavy atom. The van der Waals surface area contributed by atoms with Crippen molar-refractivity contribution in [3.63, 3.8) is 0 Å². The number of aromatic amines is 2. The van der Waals surface area contributed by atoms with Crippen LogP contribution in [0.25, 0.3) is 22.2 Å². The molecule has 2 amide bonds. The quantitative estimate of drug-likeness (QED) is 0.111. The second-order valence-electron chi connectivity index (χ2n) is 11.6. The van der Waals surface area contributed by atoms with E-state index in [9.17, 15) is 24.0 Å². The molecule has 1 aliphatic rings. The van der Waals surface area contributed by atoms with Crippen molar-refractivity contribution in [1.82, 2.24) is 15.3 Å². The first-order chi connectivity index (χ1) is 23.1. The number of fused-ring (bicyclic) bond motifs is 4. The minimum absolute atomic E-state index is 0.175. The van der Waals surface area contributed by atoms with Crippen molar-refractivity contribution >= 4 is 34.2 Å². The normalized spacial score (nSPS) is 13.5. The Bertz CT molecular complexity index is 2040. The molecule has 1 heterocycles. The van der Waals surface area contributed by atoms with Gasteiger partial charge in [-0.15, -0.1) is 0 Å². The highest BCUT2D eigenvalue weighted by Gasteiger charge is 2.29. The van der Waals surface area contributed by atoms with Gasteiger partial charge in [0.15, 0.2) is 11.5 Å². The molecule has 0 saturated heterocycles. The Morgan fingerprint density at radius 2 is 1.60 bits per heavy atom. The van der Waals surface area contributed by atoms with Gasteiger partial charge in [0.2, 0.25) is 23.0 Å². The molecule has 0 spiro atoms. The molecule has 13 heteroatoms. The first kappa shape index (κ1) is 33.8. The molecule has 0 bridgehead atoms. The molecule has 1 aromatic heterocycles. The van der Waals surface area contributed by atoms with Crippen LogP contribution in [0.3, 0.4) is 0 Å². The summed E-state index contributed by atoms with van der Waals surface area (Å²) in [5.74, 6) is 1.08. The first-order valence-corrected chi connectivity index (χ1v) is 15.7. The number of aromatic nitrogens is 2. The summed E-state index contributed by atoms with van der Waals surface area (Å²) in [6.07, 6.45) is 3.56. The minimum Gasteiger partial charge on any atom is -0.493 e. The fourth-order valence-electron chi connectivity index (χ4n) is 6.08. The van der Waals surface area contributed by atoms with E-state index in [2.05, 4.69) is 25.9 Å². The van der Waals surface area contributed by atoms with Gasteiger partial charge < -0.3 is 40.1 Å². The third-order valence-corrected chi connectivity index (χ3v) is 8.32. The number of rotatable bonds is 12. The summed E-state index contributed by atoms with van der Waals surface area (Å²) in [6, 6.07) is 11.6. The average Bonchev–Trinajstić information content (AvgIpc) is 3.30. The second-order valence-corrected chi connectivity index (χ2v) is 11.6. The zero-order chi connectivity index (χ0) is 34.4.